The highest BCUT2D eigenvalue weighted by Crippen LogP contribution is 2.41. The van der Waals surface area contributed by atoms with Crippen LogP contribution in [-0.2, 0) is 6.42 Å². The zero-order valence-corrected chi connectivity index (χ0v) is 16.3. The molecule has 2 aliphatic rings. The Bertz CT molecular complexity index is 1040. The van der Waals surface area contributed by atoms with Crippen LogP contribution in [0.5, 0.6) is 11.5 Å². The maximum atomic E-state index is 9.94. The Kier molecular flexibility index (Phi) is 4.78. The fraction of sp³-hybridized carbons (Fsp3) is 0.240. The molecule has 1 saturated heterocycles. The van der Waals surface area contributed by atoms with E-state index in [1.807, 2.05) is 30.6 Å². The van der Waals surface area contributed by atoms with Crippen LogP contribution < -0.4 is 4.74 Å². The molecule has 2 aromatic carbocycles. The largest absolute Gasteiger partial charge is 0.508 e. The molecule has 1 aromatic heterocycles. The first-order valence-corrected chi connectivity index (χ1v) is 10.2. The maximum absolute atomic E-state index is 9.94. The number of hydrogen-bond donors (Lipinski definition) is 1. The summed E-state index contributed by atoms with van der Waals surface area (Å²) in [7, 11) is 0. The lowest BCUT2D eigenvalue weighted by Gasteiger charge is -2.24. The highest BCUT2D eigenvalue weighted by Gasteiger charge is 2.22. The molecule has 29 heavy (non-hydrogen) atoms. The van der Waals surface area contributed by atoms with Crippen molar-refractivity contribution in [2.75, 3.05) is 26.2 Å². The third kappa shape index (κ3) is 3.89. The molecule has 3 aromatic rings. The number of allylic oxidation sites excluding steroid dienone is 1. The van der Waals surface area contributed by atoms with Gasteiger partial charge in [-0.2, -0.15) is 0 Å². The van der Waals surface area contributed by atoms with Gasteiger partial charge < -0.3 is 9.84 Å². The molecule has 4 heteroatoms. The van der Waals surface area contributed by atoms with E-state index in [0.29, 0.717) is 5.75 Å². The molecule has 5 rings (SSSR count). The molecular formula is C25H24N2O2. The van der Waals surface area contributed by atoms with Gasteiger partial charge >= 0.3 is 0 Å². The van der Waals surface area contributed by atoms with Crippen molar-refractivity contribution in [3.8, 4) is 11.5 Å². The van der Waals surface area contributed by atoms with Gasteiger partial charge in [0.05, 0.1) is 0 Å². The number of nitrogens with zero attached hydrogens (tertiary/aromatic N) is 2. The second kappa shape index (κ2) is 7.72. The molecule has 0 amide bonds. The number of hydrogen-bond acceptors (Lipinski definition) is 4. The number of benzene rings is 2. The SMILES string of the molecule is Oc1ccc2c(c1)CCC(c1cccnc1)=C2c1ccc(OCCN2CC2)cc1. The van der Waals surface area contributed by atoms with E-state index in [4.69, 9.17) is 4.74 Å². The average molecular weight is 384 g/mol. The predicted octanol–water partition coefficient (Wildman–Crippen LogP) is 4.39. The molecule has 0 atom stereocenters. The molecular weight excluding hydrogens is 360 g/mol. The zero-order chi connectivity index (χ0) is 19.6. The molecule has 2 heterocycles. The summed E-state index contributed by atoms with van der Waals surface area (Å²) in [5.41, 5.74) is 7.20. The quantitative estimate of drug-likeness (QED) is 0.641. The molecule has 0 saturated carbocycles. The molecule has 0 unspecified atom stereocenters. The molecule has 1 aliphatic carbocycles. The normalized spacial score (nSPS) is 15.9. The fourth-order valence-electron chi connectivity index (χ4n) is 4.04. The van der Waals surface area contributed by atoms with Gasteiger partial charge in [0.1, 0.15) is 18.1 Å². The number of pyridine rings is 1. The zero-order valence-electron chi connectivity index (χ0n) is 16.3. The summed E-state index contributed by atoms with van der Waals surface area (Å²) in [6.07, 6.45) is 5.58. The van der Waals surface area contributed by atoms with E-state index in [1.165, 1.54) is 35.4 Å². The average Bonchev–Trinajstić information content (AvgIpc) is 3.58. The van der Waals surface area contributed by atoms with Crippen molar-refractivity contribution in [3.63, 3.8) is 0 Å². The van der Waals surface area contributed by atoms with E-state index < -0.39 is 0 Å². The third-order valence-electron chi connectivity index (χ3n) is 5.67. The van der Waals surface area contributed by atoms with Crippen LogP contribution in [-0.4, -0.2) is 41.2 Å². The minimum atomic E-state index is 0.322. The van der Waals surface area contributed by atoms with Crippen molar-refractivity contribution in [2.45, 2.75) is 12.8 Å². The summed E-state index contributed by atoms with van der Waals surface area (Å²) in [6.45, 7) is 4.12. The summed E-state index contributed by atoms with van der Waals surface area (Å²) in [5, 5.41) is 9.94. The van der Waals surface area contributed by atoms with Gasteiger partial charge in [-0.15, -0.1) is 0 Å². The standard InChI is InChI=1S/C25H24N2O2/c28-21-6-10-23-19(16-21)5-9-24(20-2-1-11-26-17-20)25(23)18-3-7-22(8-4-18)29-15-14-27-12-13-27/h1-4,6-8,10-11,16-17,28H,5,9,12-15H2. The van der Waals surface area contributed by atoms with Gasteiger partial charge in [-0.1, -0.05) is 24.3 Å². The Balaban J connectivity index is 1.52. The van der Waals surface area contributed by atoms with Crippen LogP contribution in [0.15, 0.2) is 67.0 Å². The van der Waals surface area contributed by atoms with Gasteiger partial charge in [-0.25, -0.2) is 0 Å². The van der Waals surface area contributed by atoms with Gasteiger partial charge in [0.15, 0.2) is 0 Å². The first kappa shape index (κ1) is 18.0. The van der Waals surface area contributed by atoms with Gasteiger partial charge in [0.2, 0.25) is 0 Å². The number of phenolic OH excluding ortho intramolecular Hbond substituents is 1. The lowest BCUT2D eigenvalue weighted by molar-refractivity contribution is 0.292. The van der Waals surface area contributed by atoms with Gasteiger partial charge in [0.25, 0.3) is 0 Å². The number of aromatic hydroxyl groups is 1. The van der Waals surface area contributed by atoms with Crippen molar-refractivity contribution in [2.24, 2.45) is 0 Å². The number of aromatic nitrogens is 1. The molecule has 1 fully saturated rings. The van der Waals surface area contributed by atoms with E-state index in [1.54, 1.807) is 6.07 Å². The maximum Gasteiger partial charge on any atom is 0.119 e. The van der Waals surface area contributed by atoms with E-state index in [0.717, 1.165) is 42.9 Å². The number of phenols is 1. The molecule has 1 N–H and O–H groups in total. The Morgan fingerprint density at radius 1 is 0.966 bits per heavy atom. The number of aryl methyl sites for hydroxylation is 1. The fourth-order valence-corrected chi connectivity index (χ4v) is 4.04. The van der Waals surface area contributed by atoms with Crippen LogP contribution in [0, 0.1) is 0 Å². The lowest BCUT2D eigenvalue weighted by atomic mass is 9.80. The molecule has 4 nitrogen and oxygen atoms in total. The number of fused-ring (bicyclic) bond motifs is 1. The molecule has 146 valence electrons. The third-order valence-corrected chi connectivity index (χ3v) is 5.67. The number of rotatable bonds is 6. The van der Waals surface area contributed by atoms with E-state index in [2.05, 4.69) is 40.2 Å². The van der Waals surface area contributed by atoms with Gasteiger partial charge in [-0.3, -0.25) is 9.88 Å². The van der Waals surface area contributed by atoms with Gasteiger partial charge in [0, 0.05) is 32.0 Å². The van der Waals surface area contributed by atoms with Crippen molar-refractivity contribution < 1.29 is 9.84 Å². The Hall–Kier alpha value is -3.11. The monoisotopic (exact) mass is 384 g/mol. The highest BCUT2D eigenvalue weighted by atomic mass is 16.5. The van der Waals surface area contributed by atoms with Crippen molar-refractivity contribution >= 4 is 11.1 Å². The van der Waals surface area contributed by atoms with Crippen LogP contribution in [0.1, 0.15) is 28.7 Å². The molecule has 0 bridgehead atoms. The molecule has 1 aliphatic heterocycles. The topological polar surface area (TPSA) is 45.4 Å². The van der Waals surface area contributed by atoms with E-state index in [-0.39, 0.29) is 0 Å². The minimum absolute atomic E-state index is 0.322. The first-order valence-electron chi connectivity index (χ1n) is 10.2. The summed E-state index contributed by atoms with van der Waals surface area (Å²) < 4.78 is 5.90. The molecule has 0 radical (unpaired) electrons. The summed E-state index contributed by atoms with van der Waals surface area (Å²) >= 11 is 0. The highest BCUT2D eigenvalue weighted by molar-refractivity contribution is 6.00. The summed E-state index contributed by atoms with van der Waals surface area (Å²) in [5.74, 6) is 1.23. The van der Waals surface area contributed by atoms with E-state index in [9.17, 15) is 5.11 Å². The minimum Gasteiger partial charge on any atom is -0.508 e. The van der Waals surface area contributed by atoms with Crippen LogP contribution in [0.25, 0.3) is 11.1 Å². The van der Waals surface area contributed by atoms with Crippen molar-refractivity contribution in [1.82, 2.24) is 9.88 Å². The smallest absolute Gasteiger partial charge is 0.119 e. The predicted molar refractivity (Wildman–Crippen MR) is 115 cm³/mol. The first-order chi connectivity index (χ1) is 14.3. The van der Waals surface area contributed by atoms with Crippen molar-refractivity contribution in [1.29, 1.82) is 0 Å². The van der Waals surface area contributed by atoms with Crippen molar-refractivity contribution in [3.05, 3.63) is 89.2 Å². The van der Waals surface area contributed by atoms with Crippen LogP contribution in [0.3, 0.4) is 0 Å². The Labute approximate surface area is 171 Å². The molecule has 0 spiro atoms. The summed E-state index contributed by atoms with van der Waals surface area (Å²) in [6, 6.07) is 18.2. The second-order valence-electron chi connectivity index (χ2n) is 7.65. The second-order valence-corrected chi connectivity index (χ2v) is 7.65. The van der Waals surface area contributed by atoms with Crippen LogP contribution in [0.2, 0.25) is 0 Å². The van der Waals surface area contributed by atoms with Crippen LogP contribution >= 0.6 is 0 Å². The Morgan fingerprint density at radius 3 is 2.59 bits per heavy atom. The van der Waals surface area contributed by atoms with Crippen LogP contribution in [0.4, 0.5) is 0 Å². The number of ether oxygens (including phenoxy) is 1. The lowest BCUT2D eigenvalue weighted by Crippen LogP contribution is -2.10. The van der Waals surface area contributed by atoms with Gasteiger partial charge in [-0.05, 0) is 76.6 Å². The van der Waals surface area contributed by atoms with E-state index >= 15 is 0 Å². The summed E-state index contributed by atoms with van der Waals surface area (Å²) in [4.78, 5) is 6.68. The Morgan fingerprint density at radius 2 is 1.83 bits per heavy atom.